The summed E-state index contributed by atoms with van der Waals surface area (Å²) in [5.41, 5.74) is 0.375. The van der Waals surface area contributed by atoms with Crippen molar-refractivity contribution in [1.29, 1.82) is 5.26 Å². The average Bonchev–Trinajstić information content (AvgIpc) is 2.59. The molecule has 0 unspecified atom stereocenters. The molecule has 0 saturated carbocycles. The lowest BCUT2D eigenvalue weighted by molar-refractivity contribution is -0.753. The molecule has 11 heteroatoms. The summed E-state index contributed by atoms with van der Waals surface area (Å²) in [5, 5.41) is 23.3. The Morgan fingerprint density at radius 3 is 2.54 bits per heavy atom. The Bertz CT molecular complexity index is 654. The van der Waals surface area contributed by atoms with Gasteiger partial charge >= 0.3 is 12.1 Å². The van der Waals surface area contributed by atoms with Crippen molar-refractivity contribution in [2.75, 3.05) is 13.7 Å². The number of rotatable bonds is 7. The maximum Gasteiger partial charge on any atom is 0.448 e. The second-order valence-corrected chi connectivity index (χ2v) is 4.61. The Morgan fingerprint density at radius 1 is 1.50 bits per heavy atom. The first-order valence-electron chi connectivity index (χ1n) is 7.14. The third kappa shape index (κ3) is 9.86. The second-order valence-electron chi connectivity index (χ2n) is 4.61. The molecule has 1 aromatic heterocycles. The fourth-order valence-corrected chi connectivity index (χ4v) is 1.31. The van der Waals surface area contributed by atoms with E-state index in [9.17, 15) is 22.8 Å². The van der Waals surface area contributed by atoms with Crippen LogP contribution in [0.25, 0.3) is 0 Å². The Kier molecular flexibility index (Phi) is 10.0. The Hall–Kier alpha value is -3.16. The first kappa shape index (κ1) is 22.8. The second kappa shape index (κ2) is 11.4. The van der Waals surface area contributed by atoms with Crippen LogP contribution in [0.3, 0.4) is 0 Å². The number of nitriles is 1. The van der Waals surface area contributed by atoms with Crippen molar-refractivity contribution in [3.63, 3.8) is 0 Å². The Balaban J connectivity index is 0.000000660. The van der Waals surface area contributed by atoms with E-state index >= 15 is 0 Å². The largest absolute Gasteiger partial charge is 0.493 e. The highest BCUT2D eigenvalue weighted by Crippen LogP contribution is 2.23. The van der Waals surface area contributed by atoms with Gasteiger partial charge in [-0.05, 0) is 5.10 Å². The van der Waals surface area contributed by atoms with Gasteiger partial charge < -0.3 is 15.2 Å². The number of hydrogen-bond acceptors (Lipinski definition) is 5. The molecule has 8 nitrogen and oxygen atoms in total. The summed E-state index contributed by atoms with van der Waals surface area (Å²) < 4.78 is 38.9. The number of halogens is 3. The molecular weight excluding hydrogens is 357 g/mol. The van der Waals surface area contributed by atoms with Gasteiger partial charge in [0.2, 0.25) is 0 Å². The SMILES string of the molecule is C=C(OC)C(F)(F)F.N#CCCNC(=O)c1cc[n+](CCC(=O)O)nc1. The minimum absolute atomic E-state index is 0.0224. The molecule has 142 valence electrons. The number of alkyl halides is 3. The monoisotopic (exact) mass is 375 g/mol. The van der Waals surface area contributed by atoms with Crippen molar-refractivity contribution in [3.8, 4) is 6.07 Å². The molecule has 0 spiro atoms. The van der Waals surface area contributed by atoms with E-state index in [0.717, 1.165) is 7.11 Å². The summed E-state index contributed by atoms with van der Waals surface area (Å²) in [6, 6.07) is 3.47. The highest BCUT2D eigenvalue weighted by Gasteiger charge is 2.33. The van der Waals surface area contributed by atoms with E-state index in [4.69, 9.17) is 10.4 Å². The van der Waals surface area contributed by atoms with E-state index in [1.807, 2.05) is 6.07 Å². The van der Waals surface area contributed by atoms with Gasteiger partial charge in [-0.25, -0.2) is 0 Å². The standard InChI is InChI=1S/C11H12N4O3.C4H5F3O/c12-4-1-5-13-11(18)9-2-6-15(14-8-9)7-3-10(16)17;1-3(8-2)4(5,6)7/h2,6,8H,1,3,5,7H2,(H-,13,16,17,18);1H2,2H3/p+1. The smallest absolute Gasteiger partial charge is 0.448 e. The van der Waals surface area contributed by atoms with E-state index in [1.54, 1.807) is 12.3 Å². The van der Waals surface area contributed by atoms with Crippen LogP contribution in [-0.4, -0.2) is 41.9 Å². The summed E-state index contributed by atoms with van der Waals surface area (Å²) in [5.74, 6) is -2.37. The number of carboxylic acid groups (broad SMARTS) is 1. The van der Waals surface area contributed by atoms with E-state index in [2.05, 4.69) is 21.7 Å². The zero-order chi connectivity index (χ0) is 20.2. The van der Waals surface area contributed by atoms with Gasteiger partial charge in [0, 0.05) is 12.6 Å². The molecule has 26 heavy (non-hydrogen) atoms. The van der Waals surface area contributed by atoms with E-state index in [-0.39, 0.29) is 25.3 Å². The van der Waals surface area contributed by atoms with Gasteiger partial charge in [0.25, 0.3) is 5.91 Å². The number of nitrogens with zero attached hydrogens (tertiary/aromatic N) is 3. The zero-order valence-corrected chi connectivity index (χ0v) is 13.9. The van der Waals surface area contributed by atoms with E-state index < -0.39 is 17.9 Å². The minimum atomic E-state index is -4.41. The number of allylic oxidation sites excluding steroid dienone is 1. The van der Waals surface area contributed by atoms with Crippen LogP contribution >= 0.6 is 0 Å². The van der Waals surface area contributed by atoms with Gasteiger partial charge in [-0.1, -0.05) is 11.3 Å². The van der Waals surface area contributed by atoms with Gasteiger partial charge in [0.1, 0.15) is 12.6 Å². The molecule has 1 aromatic rings. The van der Waals surface area contributed by atoms with E-state index in [0.29, 0.717) is 12.1 Å². The molecule has 2 N–H and O–H groups in total. The summed E-state index contributed by atoms with van der Waals surface area (Å²) in [4.78, 5) is 21.9. The van der Waals surface area contributed by atoms with Crippen molar-refractivity contribution >= 4 is 11.9 Å². The molecule has 0 saturated heterocycles. The maximum atomic E-state index is 11.5. The third-order valence-corrected chi connectivity index (χ3v) is 2.67. The molecule has 0 radical (unpaired) electrons. The number of aliphatic carboxylic acids is 1. The number of aryl methyl sites for hydroxylation is 1. The lowest BCUT2D eigenvalue weighted by Gasteiger charge is -2.06. The maximum absolute atomic E-state index is 11.5. The van der Waals surface area contributed by atoms with Gasteiger partial charge in [-0.3, -0.25) is 9.59 Å². The average molecular weight is 375 g/mol. The number of methoxy groups -OCH3 is 1. The van der Waals surface area contributed by atoms with Crippen LogP contribution in [0.2, 0.25) is 0 Å². The Labute approximate surface area is 147 Å². The highest BCUT2D eigenvalue weighted by atomic mass is 19.4. The number of carbonyl (C=O) groups is 2. The van der Waals surface area contributed by atoms with Crippen LogP contribution in [0, 0.1) is 11.3 Å². The normalized spacial score (nSPS) is 9.96. The molecule has 0 fully saturated rings. The van der Waals surface area contributed by atoms with Crippen LogP contribution < -0.4 is 10.00 Å². The zero-order valence-electron chi connectivity index (χ0n) is 13.9. The summed E-state index contributed by atoms with van der Waals surface area (Å²) in [7, 11) is 0.926. The number of hydrogen-bond donors (Lipinski definition) is 2. The van der Waals surface area contributed by atoms with Crippen molar-refractivity contribution in [2.45, 2.75) is 25.6 Å². The molecule has 0 atom stereocenters. The molecule has 1 amide bonds. The predicted octanol–water partition coefficient (Wildman–Crippen LogP) is 1.20. The molecule has 0 aliphatic carbocycles. The molecule has 0 aliphatic rings. The Morgan fingerprint density at radius 2 is 2.15 bits per heavy atom. The number of carbonyl (C=O) groups excluding carboxylic acids is 1. The van der Waals surface area contributed by atoms with Crippen LogP contribution in [0.15, 0.2) is 30.8 Å². The van der Waals surface area contributed by atoms with Crippen LogP contribution in [0.1, 0.15) is 23.2 Å². The first-order valence-corrected chi connectivity index (χ1v) is 7.14. The van der Waals surface area contributed by atoms with Gasteiger partial charge in [0.15, 0.2) is 18.5 Å². The van der Waals surface area contributed by atoms with Crippen molar-refractivity contribution < 1.29 is 37.3 Å². The lowest BCUT2D eigenvalue weighted by atomic mass is 10.3. The highest BCUT2D eigenvalue weighted by molar-refractivity contribution is 5.93. The molecule has 0 aliphatic heterocycles. The van der Waals surface area contributed by atoms with Crippen molar-refractivity contribution in [2.24, 2.45) is 0 Å². The third-order valence-electron chi connectivity index (χ3n) is 2.67. The summed E-state index contributed by atoms with van der Waals surface area (Å²) in [6.07, 6.45) is -1.27. The quantitative estimate of drug-likeness (QED) is 0.420. The topological polar surface area (TPSA) is 116 Å². The van der Waals surface area contributed by atoms with E-state index in [1.165, 1.54) is 10.9 Å². The van der Waals surface area contributed by atoms with Crippen LogP contribution in [0.5, 0.6) is 0 Å². The molecule has 1 rings (SSSR count). The molecule has 0 bridgehead atoms. The van der Waals surface area contributed by atoms with Gasteiger partial charge in [-0.2, -0.15) is 18.4 Å². The van der Waals surface area contributed by atoms with Crippen molar-refractivity contribution in [3.05, 3.63) is 36.4 Å². The number of aromatic nitrogens is 2. The number of nitrogens with one attached hydrogen (secondary N) is 1. The van der Waals surface area contributed by atoms with Gasteiger partial charge in [0.05, 0.1) is 25.2 Å². The fourth-order valence-electron chi connectivity index (χ4n) is 1.31. The molecular formula is C15H18F3N4O4+. The summed E-state index contributed by atoms with van der Waals surface area (Å²) >= 11 is 0. The summed E-state index contributed by atoms with van der Waals surface area (Å²) in [6.45, 7) is 3.15. The fraction of sp³-hybridized carbons (Fsp3) is 0.400. The number of carboxylic acids is 1. The van der Waals surface area contributed by atoms with Gasteiger partial charge in [-0.15, -0.1) is 0 Å². The molecule has 0 aromatic carbocycles. The van der Waals surface area contributed by atoms with Crippen LogP contribution in [0.4, 0.5) is 13.2 Å². The van der Waals surface area contributed by atoms with Crippen LogP contribution in [-0.2, 0) is 16.1 Å². The number of amides is 1. The van der Waals surface area contributed by atoms with Crippen molar-refractivity contribution in [1.82, 2.24) is 10.4 Å². The first-order chi connectivity index (χ1) is 12.1. The predicted molar refractivity (Wildman–Crippen MR) is 81.5 cm³/mol. The minimum Gasteiger partial charge on any atom is -0.493 e. The lowest BCUT2D eigenvalue weighted by Crippen LogP contribution is -2.39. The molecule has 1 heterocycles. The number of ether oxygens (including phenoxy) is 1.